The molecule has 0 radical (unpaired) electrons. The van der Waals surface area contributed by atoms with Gasteiger partial charge in [-0.05, 0) is 18.2 Å². The Morgan fingerprint density at radius 2 is 2.05 bits per heavy atom. The molecule has 0 aliphatic heterocycles. The maximum atomic E-state index is 12.0. The maximum absolute atomic E-state index is 12.0. The van der Waals surface area contributed by atoms with Gasteiger partial charge >= 0.3 is 0 Å². The van der Waals surface area contributed by atoms with Gasteiger partial charge in [0.2, 0.25) is 5.91 Å². The van der Waals surface area contributed by atoms with Crippen LogP contribution in [0.1, 0.15) is 6.42 Å². The molecule has 0 unspecified atom stereocenters. The van der Waals surface area contributed by atoms with Crippen molar-refractivity contribution >= 4 is 27.3 Å². The number of hydrogen-bond donors (Lipinski definition) is 1. The Hall–Kier alpha value is -1.31. The van der Waals surface area contributed by atoms with Crippen LogP contribution in [0.25, 0.3) is 0 Å². The summed E-state index contributed by atoms with van der Waals surface area (Å²) in [5.41, 5.74) is 2.05. The lowest BCUT2D eigenvalue weighted by atomic mass is 10.3. The van der Waals surface area contributed by atoms with E-state index in [0.29, 0.717) is 5.75 Å². The zero-order valence-electron chi connectivity index (χ0n) is 10.5. The minimum Gasteiger partial charge on any atom is -0.495 e. The molecule has 19 heavy (non-hydrogen) atoms. The van der Waals surface area contributed by atoms with Crippen LogP contribution in [0.15, 0.2) is 23.1 Å². The minimum atomic E-state index is -3.58. The molecule has 0 aliphatic carbocycles. The van der Waals surface area contributed by atoms with E-state index in [-0.39, 0.29) is 22.1 Å². The molecule has 0 spiro atoms. The summed E-state index contributed by atoms with van der Waals surface area (Å²) in [4.78, 5) is 15.6. The van der Waals surface area contributed by atoms with Gasteiger partial charge in [0.15, 0.2) is 9.84 Å². The van der Waals surface area contributed by atoms with Crippen LogP contribution in [0.5, 0.6) is 5.75 Å². The number of sulfone groups is 1. The van der Waals surface area contributed by atoms with Crippen molar-refractivity contribution in [2.75, 3.05) is 20.0 Å². The zero-order valence-corrected chi connectivity index (χ0v) is 12.0. The Morgan fingerprint density at radius 3 is 2.58 bits per heavy atom. The van der Waals surface area contributed by atoms with E-state index >= 15 is 0 Å². The molecule has 8 heteroatoms. The van der Waals surface area contributed by atoms with Gasteiger partial charge in [0.05, 0.1) is 29.9 Å². The predicted molar refractivity (Wildman–Crippen MR) is 69.8 cm³/mol. The van der Waals surface area contributed by atoms with Gasteiger partial charge < -0.3 is 4.74 Å². The molecule has 0 saturated carbocycles. The van der Waals surface area contributed by atoms with Crippen LogP contribution in [0.3, 0.4) is 0 Å². The number of ether oxygens (including phenoxy) is 1. The van der Waals surface area contributed by atoms with Gasteiger partial charge in [-0.1, -0.05) is 11.6 Å². The molecule has 0 heterocycles. The smallest absolute Gasteiger partial charge is 0.244 e. The number of amides is 1. The summed E-state index contributed by atoms with van der Waals surface area (Å²) in [5, 5.41) is 0.199. The molecule has 6 nitrogen and oxygen atoms in total. The monoisotopic (exact) mass is 307 g/mol. The van der Waals surface area contributed by atoms with Crippen molar-refractivity contribution in [2.24, 2.45) is 0 Å². The van der Waals surface area contributed by atoms with Crippen LogP contribution < -0.4 is 10.2 Å². The van der Waals surface area contributed by atoms with E-state index in [2.05, 4.69) is 4.84 Å². The van der Waals surface area contributed by atoms with Crippen molar-refractivity contribution < 1.29 is 22.8 Å². The number of rotatable bonds is 6. The zero-order chi connectivity index (χ0) is 14.5. The average molecular weight is 308 g/mol. The Balaban J connectivity index is 2.83. The first-order valence-corrected chi connectivity index (χ1v) is 7.32. The van der Waals surface area contributed by atoms with Gasteiger partial charge in [-0.2, -0.15) is 0 Å². The first-order valence-electron chi connectivity index (χ1n) is 5.29. The number of hydrogen-bond acceptors (Lipinski definition) is 5. The Bertz CT molecular complexity index is 558. The number of benzene rings is 1. The first-order chi connectivity index (χ1) is 8.90. The summed E-state index contributed by atoms with van der Waals surface area (Å²) in [5.74, 6) is -0.450. The van der Waals surface area contributed by atoms with Crippen LogP contribution >= 0.6 is 11.6 Å². The van der Waals surface area contributed by atoms with Crippen LogP contribution in [-0.2, 0) is 19.5 Å². The van der Waals surface area contributed by atoms with E-state index in [1.165, 1.54) is 32.4 Å². The van der Waals surface area contributed by atoms with Crippen LogP contribution in [0, 0.1) is 0 Å². The number of carbonyl (C=O) groups excluding carboxylic acids is 1. The van der Waals surface area contributed by atoms with Crippen molar-refractivity contribution in [3.05, 3.63) is 23.2 Å². The number of hydroxylamine groups is 1. The van der Waals surface area contributed by atoms with Crippen LogP contribution in [0.4, 0.5) is 0 Å². The molecule has 1 aromatic rings. The highest BCUT2D eigenvalue weighted by atomic mass is 35.5. The lowest BCUT2D eigenvalue weighted by molar-refractivity contribution is -0.130. The van der Waals surface area contributed by atoms with E-state index in [1.807, 2.05) is 5.48 Å². The molecule has 0 fully saturated rings. The van der Waals surface area contributed by atoms with E-state index < -0.39 is 15.7 Å². The molecule has 1 rings (SSSR count). The van der Waals surface area contributed by atoms with Gasteiger partial charge in [0.25, 0.3) is 0 Å². The van der Waals surface area contributed by atoms with Crippen molar-refractivity contribution in [1.82, 2.24) is 5.48 Å². The Morgan fingerprint density at radius 1 is 1.37 bits per heavy atom. The second-order valence-corrected chi connectivity index (χ2v) is 6.11. The number of carbonyl (C=O) groups is 1. The van der Waals surface area contributed by atoms with Crippen molar-refractivity contribution in [3.8, 4) is 5.75 Å². The molecule has 0 saturated heterocycles. The minimum absolute atomic E-state index is 0.0449. The Kier molecular flexibility index (Phi) is 5.59. The standard InChI is InChI=1S/C11H14ClNO5S/c1-17-10-4-3-8(7-9(10)12)19(15,16)6-5-11(14)13-18-2/h3-4,7H,5-6H2,1-2H3,(H,13,14). The number of methoxy groups -OCH3 is 1. The SMILES string of the molecule is CONC(=O)CCS(=O)(=O)c1ccc(OC)c(Cl)c1. The van der Waals surface area contributed by atoms with E-state index in [4.69, 9.17) is 16.3 Å². The number of nitrogens with one attached hydrogen (secondary N) is 1. The molecule has 106 valence electrons. The molecule has 0 aliphatic rings. The van der Waals surface area contributed by atoms with Gasteiger partial charge in [-0.3, -0.25) is 9.63 Å². The molecule has 0 atom stereocenters. The van der Waals surface area contributed by atoms with Crippen molar-refractivity contribution in [3.63, 3.8) is 0 Å². The highest BCUT2D eigenvalue weighted by molar-refractivity contribution is 7.91. The highest BCUT2D eigenvalue weighted by Crippen LogP contribution is 2.27. The van der Waals surface area contributed by atoms with Crippen LogP contribution in [-0.4, -0.2) is 34.3 Å². The third-order valence-corrected chi connectivity index (χ3v) is 4.31. The molecular formula is C11H14ClNO5S. The molecule has 1 N–H and O–H groups in total. The fourth-order valence-electron chi connectivity index (χ4n) is 1.35. The van der Waals surface area contributed by atoms with Gasteiger partial charge in [-0.25, -0.2) is 13.9 Å². The summed E-state index contributed by atoms with van der Waals surface area (Å²) in [7, 11) is -0.869. The number of halogens is 1. The van der Waals surface area contributed by atoms with Crippen molar-refractivity contribution in [2.45, 2.75) is 11.3 Å². The highest BCUT2D eigenvalue weighted by Gasteiger charge is 2.18. The van der Waals surface area contributed by atoms with E-state index in [1.54, 1.807) is 0 Å². The lowest BCUT2D eigenvalue weighted by Gasteiger charge is -2.07. The molecule has 1 amide bonds. The quantitative estimate of drug-likeness (QED) is 0.798. The second-order valence-electron chi connectivity index (χ2n) is 3.59. The topological polar surface area (TPSA) is 81.7 Å². The fourth-order valence-corrected chi connectivity index (χ4v) is 2.94. The first kappa shape index (κ1) is 15.7. The van der Waals surface area contributed by atoms with Gasteiger partial charge in [0.1, 0.15) is 5.75 Å². The predicted octanol–water partition coefficient (Wildman–Crippen LogP) is 1.19. The summed E-state index contributed by atoms with van der Waals surface area (Å²) in [6.07, 6.45) is -0.195. The normalized spacial score (nSPS) is 11.1. The van der Waals surface area contributed by atoms with Gasteiger partial charge in [-0.15, -0.1) is 0 Å². The maximum Gasteiger partial charge on any atom is 0.244 e. The third kappa shape index (κ3) is 4.38. The lowest BCUT2D eigenvalue weighted by Crippen LogP contribution is -2.24. The van der Waals surface area contributed by atoms with Gasteiger partial charge in [0, 0.05) is 6.42 Å². The largest absolute Gasteiger partial charge is 0.495 e. The fraction of sp³-hybridized carbons (Fsp3) is 0.364. The Labute approximate surface area is 116 Å². The summed E-state index contributed by atoms with van der Waals surface area (Å²) >= 11 is 5.86. The summed E-state index contributed by atoms with van der Waals surface area (Å²) in [6.45, 7) is 0. The second kappa shape index (κ2) is 6.74. The molecule has 0 bridgehead atoms. The molecule has 0 aromatic heterocycles. The summed E-state index contributed by atoms with van der Waals surface area (Å²) in [6, 6.07) is 4.14. The van der Waals surface area contributed by atoms with Crippen LogP contribution in [0.2, 0.25) is 5.02 Å². The third-order valence-electron chi connectivity index (χ3n) is 2.30. The molecule has 1 aromatic carbocycles. The van der Waals surface area contributed by atoms with E-state index in [0.717, 1.165) is 0 Å². The molecular weight excluding hydrogens is 294 g/mol. The van der Waals surface area contributed by atoms with E-state index in [9.17, 15) is 13.2 Å². The summed E-state index contributed by atoms with van der Waals surface area (Å²) < 4.78 is 28.9. The average Bonchev–Trinajstić information content (AvgIpc) is 2.37. The van der Waals surface area contributed by atoms with Crippen molar-refractivity contribution in [1.29, 1.82) is 0 Å².